The molecule has 3 heterocycles. The maximum atomic E-state index is 6.60. The summed E-state index contributed by atoms with van der Waals surface area (Å²) >= 11 is 0. The first-order valence-corrected chi connectivity index (χ1v) is 12.2. The van der Waals surface area contributed by atoms with Gasteiger partial charge < -0.3 is 4.42 Å². The van der Waals surface area contributed by atoms with Crippen LogP contribution in [-0.2, 0) is 23.3 Å². The van der Waals surface area contributed by atoms with Gasteiger partial charge in [0.05, 0.1) is 5.56 Å². The molecule has 172 valence electrons. The molecule has 3 aromatic heterocycles. The van der Waals surface area contributed by atoms with Gasteiger partial charge in [-0.1, -0.05) is 48.5 Å². The van der Waals surface area contributed by atoms with Crippen molar-refractivity contribution in [3.63, 3.8) is 0 Å². The molecule has 1 aromatic carbocycles. The molecule has 33 heavy (non-hydrogen) atoms. The molecule has 1 aliphatic carbocycles. The van der Waals surface area contributed by atoms with Gasteiger partial charge in [-0.3, -0.25) is 0 Å². The summed E-state index contributed by atoms with van der Waals surface area (Å²) in [6, 6.07) is 8.80. The highest BCUT2D eigenvalue weighted by atomic mass is 16.3. The molecule has 1 aliphatic rings. The number of hydrogen-bond donors (Lipinski definition) is 0. The van der Waals surface area contributed by atoms with E-state index in [0.717, 1.165) is 16.7 Å². The molecule has 3 heteroatoms. The molecule has 4 aromatic rings. The molecule has 3 nitrogen and oxygen atoms in total. The van der Waals surface area contributed by atoms with Crippen LogP contribution in [-0.4, -0.2) is 4.98 Å². The van der Waals surface area contributed by atoms with E-state index in [2.05, 4.69) is 96.4 Å². The molecule has 0 unspecified atom stereocenters. The summed E-state index contributed by atoms with van der Waals surface area (Å²) in [5.74, 6) is 0. The molecular formula is C30H37N2O+. The van der Waals surface area contributed by atoms with Gasteiger partial charge in [-0.15, -0.1) is 0 Å². The Morgan fingerprint density at radius 3 is 2.33 bits per heavy atom. The van der Waals surface area contributed by atoms with Gasteiger partial charge >= 0.3 is 0 Å². The fraction of sp³-hybridized carbons (Fsp3) is 0.467. The number of benzene rings is 1. The smallest absolute Gasteiger partial charge is 0.227 e. The molecule has 0 spiro atoms. The average Bonchev–Trinajstić information content (AvgIpc) is 3.09. The molecule has 0 saturated carbocycles. The number of aryl methyl sites for hydroxylation is 1. The summed E-state index contributed by atoms with van der Waals surface area (Å²) in [5, 5.41) is 2.39. The van der Waals surface area contributed by atoms with Crippen LogP contribution in [0, 0.1) is 6.92 Å². The number of nitrogens with zero attached hydrogens (tertiary/aromatic N) is 2. The largest absolute Gasteiger partial charge is 0.437 e. The third kappa shape index (κ3) is 3.23. The van der Waals surface area contributed by atoms with Crippen LogP contribution < -0.4 is 4.57 Å². The maximum Gasteiger partial charge on any atom is 0.227 e. The number of pyridine rings is 2. The molecule has 0 fully saturated rings. The summed E-state index contributed by atoms with van der Waals surface area (Å²) in [7, 11) is 2.14. The molecule has 0 bridgehead atoms. The van der Waals surface area contributed by atoms with Crippen molar-refractivity contribution >= 4 is 22.1 Å². The van der Waals surface area contributed by atoms with Crippen molar-refractivity contribution in [3.05, 3.63) is 58.9 Å². The third-order valence-corrected chi connectivity index (χ3v) is 7.94. The van der Waals surface area contributed by atoms with Gasteiger partial charge in [0.1, 0.15) is 7.05 Å². The van der Waals surface area contributed by atoms with Crippen LogP contribution in [0.15, 0.2) is 41.1 Å². The van der Waals surface area contributed by atoms with Crippen LogP contribution in [0.3, 0.4) is 0 Å². The number of hydrogen-bond acceptors (Lipinski definition) is 2. The van der Waals surface area contributed by atoms with E-state index in [1.165, 1.54) is 51.7 Å². The Kier molecular flexibility index (Phi) is 4.64. The Hall–Kier alpha value is -2.68. The van der Waals surface area contributed by atoms with Gasteiger partial charge in [-0.25, -0.2) is 9.55 Å². The topological polar surface area (TPSA) is 29.9 Å². The lowest BCUT2D eigenvalue weighted by Gasteiger charge is -2.43. The lowest BCUT2D eigenvalue weighted by molar-refractivity contribution is -0.660. The van der Waals surface area contributed by atoms with Gasteiger partial charge in [0.15, 0.2) is 11.8 Å². The molecule has 0 N–H and O–H groups in total. The van der Waals surface area contributed by atoms with E-state index in [1.807, 2.05) is 12.3 Å². The van der Waals surface area contributed by atoms with Crippen molar-refractivity contribution in [1.82, 2.24) is 4.98 Å². The first kappa shape index (κ1) is 22.1. The summed E-state index contributed by atoms with van der Waals surface area (Å²) in [6.07, 6.45) is 6.37. The van der Waals surface area contributed by atoms with Crippen molar-refractivity contribution in [2.24, 2.45) is 7.05 Å². The van der Waals surface area contributed by atoms with E-state index in [1.54, 1.807) is 0 Å². The summed E-state index contributed by atoms with van der Waals surface area (Å²) < 4.78 is 8.84. The second-order valence-electron chi connectivity index (χ2n) is 12.3. The lowest BCUT2D eigenvalue weighted by Crippen LogP contribution is -2.36. The molecule has 5 rings (SSSR count). The fourth-order valence-corrected chi connectivity index (χ4v) is 5.96. The molecule has 0 amide bonds. The van der Waals surface area contributed by atoms with Crippen LogP contribution in [0.2, 0.25) is 0 Å². The van der Waals surface area contributed by atoms with Crippen LogP contribution in [0.1, 0.15) is 83.6 Å². The number of furan rings is 1. The second kappa shape index (κ2) is 6.91. The first-order chi connectivity index (χ1) is 15.3. The van der Waals surface area contributed by atoms with Gasteiger partial charge in [0.2, 0.25) is 11.4 Å². The van der Waals surface area contributed by atoms with E-state index in [-0.39, 0.29) is 16.2 Å². The van der Waals surface area contributed by atoms with Gasteiger partial charge in [-0.05, 0) is 70.4 Å². The fourth-order valence-electron chi connectivity index (χ4n) is 5.96. The van der Waals surface area contributed by atoms with Crippen molar-refractivity contribution in [2.45, 2.75) is 84.5 Å². The molecule has 0 radical (unpaired) electrons. The standard InChI is InChI=1S/C30H37N2O/c1-18-22(21-17-19(28(2,3)4)12-16-32(21)9)26-23(20-11-10-15-31-27(20)33-26)25-24(18)29(5,6)13-14-30(25,7)8/h10-12,15-17H,13-14H2,1-9H3/q+1. The zero-order chi connectivity index (χ0) is 23.9. The van der Waals surface area contributed by atoms with Gasteiger partial charge in [-0.2, -0.15) is 0 Å². The number of aromatic nitrogens is 2. The molecular weight excluding hydrogens is 404 g/mol. The lowest BCUT2D eigenvalue weighted by atomic mass is 9.60. The van der Waals surface area contributed by atoms with E-state index in [4.69, 9.17) is 4.42 Å². The monoisotopic (exact) mass is 441 g/mol. The highest BCUT2D eigenvalue weighted by molar-refractivity contribution is 6.12. The second-order valence-corrected chi connectivity index (χ2v) is 12.3. The van der Waals surface area contributed by atoms with Crippen molar-refractivity contribution in [2.75, 3.05) is 0 Å². The van der Waals surface area contributed by atoms with Crippen LogP contribution in [0.4, 0.5) is 0 Å². The minimum Gasteiger partial charge on any atom is -0.437 e. The minimum atomic E-state index is 0.0704. The normalized spacial score (nSPS) is 17.5. The Balaban J connectivity index is 2.03. The van der Waals surface area contributed by atoms with Crippen molar-refractivity contribution in [1.29, 1.82) is 0 Å². The Labute approximate surface area is 197 Å². The quantitative estimate of drug-likeness (QED) is 0.288. The zero-order valence-electron chi connectivity index (χ0n) is 21.7. The van der Waals surface area contributed by atoms with E-state index in [9.17, 15) is 0 Å². The van der Waals surface area contributed by atoms with Crippen LogP contribution >= 0.6 is 0 Å². The molecule has 0 aliphatic heterocycles. The minimum absolute atomic E-state index is 0.0704. The molecule has 0 saturated heterocycles. The van der Waals surface area contributed by atoms with Gasteiger partial charge in [0, 0.05) is 29.1 Å². The number of fused-ring (bicyclic) bond motifs is 5. The van der Waals surface area contributed by atoms with Gasteiger partial charge in [0.25, 0.3) is 0 Å². The predicted octanol–water partition coefficient (Wildman–Crippen LogP) is 7.43. The highest BCUT2D eigenvalue weighted by Gasteiger charge is 2.42. The average molecular weight is 442 g/mol. The predicted molar refractivity (Wildman–Crippen MR) is 137 cm³/mol. The highest BCUT2D eigenvalue weighted by Crippen LogP contribution is 2.54. The van der Waals surface area contributed by atoms with E-state index >= 15 is 0 Å². The molecule has 0 atom stereocenters. The van der Waals surface area contributed by atoms with E-state index < -0.39 is 0 Å². The van der Waals surface area contributed by atoms with Crippen LogP contribution in [0.25, 0.3) is 33.3 Å². The zero-order valence-corrected chi connectivity index (χ0v) is 21.7. The number of rotatable bonds is 1. The van der Waals surface area contributed by atoms with Crippen molar-refractivity contribution in [3.8, 4) is 11.3 Å². The van der Waals surface area contributed by atoms with E-state index in [0.29, 0.717) is 0 Å². The SMILES string of the molecule is Cc1c2c(c3c(oc4ncccc43)c1-c1cc(C(C)(C)C)cc[n+]1C)C(C)(C)CCC2(C)C. The summed E-state index contributed by atoms with van der Waals surface area (Å²) in [4.78, 5) is 4.62. The van der Waals surface area contributed by atoms with Crippen LogP contribution in [0.5, 0.6) is 0 Å². The first-order valence-electron chi connectivity index (χ1n) is 12.2. The van der Waals surface area contributed by atoms with Crippen molar-refractivity contribution < 1.29 is 8.98 Å². The summed E-state index contributed by atoms with van der Waals surface area (Å²) in [6.45, 7) is 18.8. The Morgan fingerprint density at radius 2 is 1.67 bits per heavy atom. The maximum absolute atomic E-state index is 6.60. The Morgan fingerprint density at radius 1 is 1.00 bits per heavy atom. The Bertz CT molecular complexity index is 1410. The summed E-state index contributed by atoms with van der Waals surface area (Å²) in [5.41, 5.74) is 9.99. The third-order valence-electron chi connectivity index (χ3n) is 7.94.